The van der Waals surface area contributed by atoms with Gasteiger partial charge in [0.15, 0.2) is 0 Å². The van der Waals surface area contributed by atoms with Crippen molar-refractivity contribution in [2.45, 2.75) is 18.7 Å². The molecule has 0 saturated carbocycles. The van der Waals surface area contributed by atoms with Gasteiger partial charge in [-0.1, -0.05) is 36.4 Å². The quantitative estimate of drug-likeness (QED) is 0.387. The van der Waals surface area contributed by atoms with Gasteiger partial charge in [-0.3, -0.25) is 19.6 Å². The molecule has 0 atom stereocenters. The van der Waals surface area contributed by atoms with Crippen molar-refractivity contribution in [1.29, 1.82) is 0 Å². The third-order valence-corrected chi connectivity index (χ3v) is 6.79. The van der Waals surface area contributed by atoms with Crippen LogP contribution in [0.15, 0.2) is 87.5 Å². The van der Waals surface area contributed by atoms with Gasteiger partial charge < -0.3 is 4.74 Å². The Morgan fingerprint density at radius 2 is 1.71 bits per heavy atom. The lowest BCUT2D eigenvalue weighted by atomic mass is 10.2. The monoisotopic (exact) mass is 476 g/mol. The molecule has 4 rings (SSSR count). The number of aromatic amines is 1. The zero-order chi connectivity index (χ0) is 24.3. The number of para-hydroxylation sites is 3. The van der Waals surface area contributed by atoms with E-state index < -0.39 is 10.0 Å². The molecule has 34 heavy (non-hydrogen) atoms. The molecule has 174 valence electrons. The number of aliphatic imine (C=N–C) groups is 1. The van der Waals surface area contributed by atoms with Crippen LogP contribution in [0.4, 0.5) is 11.4 Å². The highest BCUT2D eigenvalue weighted by atomic mass is 32.2. The molecule has 0 aliphatic heterocycles. The first-order valence-electron chi connectivity index (χ1n) is 10.5. The molecular weight excluding hydrogens is 452 g/mol. The minimum absolute atomic E-state index is 0.0838. The fourth-order valence-corrected chi connectivity index (χ4v) is 4.83. The summed E-state index contributed by atoms with van der Waals surface area (Å²) in [6, 6.07) is 20.8. The zero-order valence-electron chi connectivity index (χ0n) is 18.9. The average Bonchev–Trinajstić information content (AvgIpc) is 3.12. The van der Waals surface area contributed by atoms with Crippen molar-refractivity contribution >= 4 is 27.6 Å². The zero-order valence-corrected chi connectivity index (χ0v) is 19.8. The summed E-state index contributed by atoms with van der Waals surface area (Å²) < 4.78 is 35.5. The van der Waals surface area contributed by atoms with E-state index >= 15 is 0 Å². The third kappa shape index (κ3) is 4.65. The van der Waals surface area contributed by atoms with Crippen LogP contribution in [0.2, 0.25) is 0 Å². The Hall–Kier alpha value is -4.11. The lowest BCUT2D eigenvalue weighted by Crippen LogP contribution is -2.17. The molecule has 0 fully saturated rings. The van der Waals surface area contributed by atoms with E-state index in [0.29, 0.717) is 39.6 Å². The van der Waals surface area contributed by atoms with Crippen LogP contribution in [0.1, 0.15) is 16.8 Å². The summed E-state index contributed by atoms with van der Waals surface area (Å²) in [5, 5.41) is 3.04. The van der Waals surface area contributed by atoms with Gasteiger partial charge in [-0.05, 0) is 55.8 Å². The van der Waals surface area contributed by atoms with Crippen molar-refractivity contribution in [3.63, 3.8) is 0 Å². The topological polar surface area (TPSA) is 106 Å². The molecule has 8 nitrogen and oxygen atoms in total. The van der Waals surface area contributed by atoms with Gasteiger partial charge in [0.05, 0.1) is 34.6 Å². The summed E-state index contributed by atoms with van der Waals surface area (Å²) in [6.07, 6.45) is 1.45. The first-order chi connectivity index (χ1) is 16.3. The molecule has 0 aliphatic carbocycles. The second-order valence-corrected chi connectivity index (χ2v) is 9.29. The number of ether oxygens (including phenoxy) is 1. The number of nitrogens with zero attached hydrogens (tertiary/aromatic N) is 2. The summed E-state index contributed by atoms with van der Waals surface area (Å²) >= 11 is 0. The maximum Gasteiger partial charge on any atom is 0.280 e. The number of nitrogens with one attached hydrogen (secondary N) is 2. The minimum atomic E-state index is -3.91. The van der Waals surface area contributed by atoms with E-state index in [9.17, 15) is 13.2 Å². The third-order valence-electron chi connectivity index (χ3n) is 5.29. The van der Waals surface area contributed by atoms with Crippen molar-refractivity contribution in [2.75, 3.05) is 11.8 Å². The molecular formula is C25H24N4O4S. The largest absolute Gasteiger partial charge is 0.495 e. The fraction of sp³-hybridized carbons (Fsp3) is 0.120. The van der Waals surface area contributed by atoms with Crippen LogP contribution in [0, 0.1) is 13.8 Å². The predicted molar refractivity (Wildman–Crippen MR) is 133 cm³/mol. The van der Waals surface area contributed by atoms with Crippen molar-refractivity contribution < 1.29 is 13.2 Å². The fourth-order valence-electron chi connectivity index (χ4n) is 3.50. The number of aromatic nitrogens is 2. The second-order valence-electron chi connectivity index (χ2n) is 7.64. The van der Waals surface area contributed by atoms with Gasteiger partial charge in [0.2, 0.25) is 0 Å². The van der Waals surface area contributed by atoms with E-state index in [4.69, 9.17) is 4.74 Å². The molecule has 4 aromatic rings. The van der Waals surface area contributed by atoms with Crippen molar-refractivity contribution in [3.8, 4) is 11.4 Å². The van der Waals surface area contributed by atoms with Crippen LogP contribution in [0.3, 0.4) is 0 Å². The molecule has 3 aromatic carbocycles. The number of methoxy groups -OCH3 is 1. The van der Waals surface area contributed by atoms with E-state index in [0.717, 1.165) is 0 Å². The molecule has 0 spiro atoms. The van der Waals surface area contributed by atoms with Gasteiger partial charge >= 0.3 is 0 Å². The SMILES string of the molecule is COc1ccccc1NS(=O)(=O)c1cc(N=Cc2c(C)[nH]n(-c3ccccc3)c2=O)ccc1C. The maximum absolute atomic E-state index is 13.1. The van der Waals surface area contributed by atoms with Crippen LogP contribution in [0.5, 0.6) is 5.75 Å². The second kappa shape index (κ2) is 9.40. The number of hydrogen-bond donors (Lipinski definition) is 2. The van der Waals surface area contributed by atoms with Gasteiger partial charge in [-0.25, -0.2) is 13.1 Å². The Labute approximate surface area is 197 Å². The van der Waals surface area contributed by atoms with Crippen LogP contribution >= 0.6 is 0 Å². The Kier molecular flexibility index (Phi) is 6.38. The molecule has 1 heterocycles. The van der Waals surface area contributed by atoms with Crippen LogP contribution in [-0.2, 0) is 10.0 Å². The molecule has 1 aromatic heterocycles. The molecule has 0 aliphatic rings. The Morgan fingerprint density at radius 3 is 2.44 bits per heavy atom. The van der Waals surface area contributed by atoms with Crippen LogP contribution < -0.4 is 15.0 Å². The average molecular weight is 477 g/mol. The van der Waals surface area contributed by atoms with E-state index in [1.807, 2.05) is 30.3 Å². The standard InChI is InChI=1S/C25H24N4O4S/c1-17-13-14-19(15-24(17)34(31,32)28-22-11-7-8-12-23(22)33-3)26-16-21-18(2)27-29(25(21)30)20-9-5-4-6-10-20/h4-16,27-28H,1-3H3. The van der Waals surface area contributed by atoms with Gasteiger partial charge in [0.25, 0.3) is 15.6 Å². The molecule has 0 amide bonds. The lowest BCUT2D eigenvalue weighted by Gasteiger charge is -2.13. The first-order valence-corrected chi connectivity index (χ1v) is 12.0. The number of benzene rings is 3. The summed E-state index contributed by atoms with van der Waals surface area (Å²) in [5.74, 6) is 0.413. The summed E-state index contributed by atoms with van der Waals surface area (Å²) in [6.45, 7) is 3.49. The predicted octanol–water partition coefficient (Wildman–Crippen LogP) is 4.34. The molecule has 0 radical (unpaired) electrons. The Bertz CT molecular complexity index is 1520. The molecule has 0 bridgehead atoms. The van der Waals surface area contributed by atoms with Gasteiger partial charge in [0, 0.05) is 11.9 Å². The molecule has 0 unspecified atom stereocenters. The number of sulfonamides is 1. The highest BCUT2D eigenvalue weighted by molar-refractivity contribution is 7.92. The van der Waals surface area contributed by atoms with E-state index in [1.54, 1.807) is 50.2 Å². The lowest BCUT2D eigenvalue weighted by molar-refractivity contribution is 0.417. The summed E-state index contributed by atoms with van der Waals surface area (Å²) in [7, 11) is -2.43. The molecule has 0 saturated heterocycles. The normalized spacial score (nSPS) is 11.6. The van der Waals surface area contributed by atoms with Gasteiger partial charge in [-0.2, -0.15) is 0 Å². The van der Waals surface area contributed by atoms with Crippen molar-refractivity contribution in [2.24, 2.45) is 4.99 Å². The number of anilines is 1. The summed E-state index contributed by atoms with van der Waals surface area (Å²) in [4.78, 5) is 17.3. The van der Waals surface area contributed by atoms with Crippen molar-refractivity contribution in [1.82, 2.24) is 9.78 Å². The van der Waals surface area contributed by atoms with Gasteiger partial charge in [-0.15, -0.1) is 0 Å². The molecule has 2 N–H and O–H groups in total. The summed E-state index contributed by atoms with van der Waals surface area (Å²) in [5.41, 5.74) is 2.80. The highest BCUT2D eigenvalue weighted by Gasteiger charge is 2.19. The molecule has 9 heteroatoms. The number of H-pyrrole nitrogens is 1. The van der Waals surface area contributed by atoms with E-state index in [1.165, 1.54) is 24.1 Å². The van der Waals surface area contributed by atoms with Crippen molar-refractivity contribution in [3.05, 3.63) is 100.0 Å². The Morgan fingerprint density at radius 1 is 1.00 bits per heavy atom. The van der Waals surface area contributed by atoms with Gasteiger partial charge in [0.1, 0.15) is 5.75 Å². The van der Waals surface area contributed by atoms with E-state index in [2.05, 4.69) is 14.8 Å². The smallest absolute Gasteiger partial charge is 0.280 e. The van der Waals surface area contributed by atoms with Crippen LogP contribution in [0.25, 0.3) is 5.69 Å². The number of hydrogen-bond acceptors (Lipinski definition) is 5. The maximum atomic E-state index is 13.1. The van der Waals surface area contributed by atoms with E-state index in [-0.39, 0.29) is 10.5 Å². The van der Waals surface area contributed by atoms with Crippen LogP contribution in [-0.4, -0.2) is 31.5 Å². The Balaban J connectivity index is 1.66. The minimum Gasteiger partial charge on any atom is -0.495 e. The highest BCUT2D eigenvalue weighted by Crippen LogP contribution is 2.29. The number of aryl methyl sites for hydroxylation is 2. The number of rotatable bonds is 7. The first kappa shape index (κ1) is 23.1.